The number of nitrogens with zero attached hydrogens (tertiary/aromatic N) is 3. The molecule has 0 saturated carbocycles. The van der Waals surface area contributed by atoms with Gasteiger partial charge in [-0.2, -0.15) is 5.10 Å². The van der Waals surface area contributed by atoms with Gasteiger partial charge in [0, 0.05) is 37.2 Å². The molecule has 0 aliphatic carbocycles. The second-order valence-electron chi connectivity index (χ2n) is 7.86. The van der Waals surface area contributed by atoms with Gasteiger partial charge in [-0.3, -0.25) is 0 Å². The first-order valence-corrected chi connectivity index (χ1v) is 9.46. The summed E-state index contributed by atoms with van der Waals surface area (Å²) < 4.78 is 7.05. The van der Waals surface area contributed by atoms with E-state index in [0.717, 1.165) is 18.5 Å². The number of ether oxygens (including phenoxy) is 1. The minimum atomic E-state index is -0.544. The van der Waals surface area contributed by atoms with Crippen LogP contribution in [0.1, 0.15) is 33.6 Å². The molecule has 2 heterocycles. The van der Waals surface area contributed by atoms with E-state index in [1.807, 2.05) is 57.3 Å². The number of rotatable bonds is 3. The number of amides is 3. The average molecular weight is 385 g/mol. The van der Waals surface area contributed by atoms with Crippen LogP contribution >= 0.6 is 0 Å². The number of urea groups is 1. The standard InChI is InChI=1S/C20H27N5O3/c1-20(2,3)28-19(27)23-16-6-4-12-24(14-16)18(26)22-15-7-9-17(10-8-15)25-13-5-11-21-25/h5,7-11,13,16H,4,6,12,14H2,1-3H3,(H,22,26)(H,23,27)/t16-/m1/s1. The number of likely N-dealkylation sites (tertiary alicyclic amines) is 1. The van der Waals surface area contributed by atoms with Crippen LogP contribution in [0, 0.1) is 0 Å². The highest BCUT2D eigenvalue weighted by atomic mass is 16.6. The van der Waals surface area contributed by atoms with E-state index >= 15 is 0 Å². The first-order chi connectivity index (χ1) is 13.3. The van der Waals surface area contributed by atoms with Gasteiger partial charge < -0.3 is 20.3 Å². The van der Waals surface area contributed by atoms with Crippen molar-refractivity contribution in [3.8, 4) is 5.69 Å². The smallest absolute Gasteiger partial charge is 0.407 e. The summed E-state index contributed by atoms with van der Waals surface area (Å²) in [6, 6.07) is 9.04. The van der Waals surface area contributed by atoms with Gasteiger partial charge in [0.05, 0.1) is 5.69 Å². The molecular weight excluding hydrogens is 358 g/mol. The van der Waals surface area contributed by atoms with E-state index in [2.05, 4.69) is 15.7 Å². The summed E-state index contributed by atoms with van der Waals surface area (Å²) in [4.78, 5) is 26.3. The van der Waals surface area contributed by atoms with Gasteiger partial charge in [0.25, 0.3) is 0 Å². The molecule has 0 bridgehead atoms. The van der Waals surface area contributed by atoms with Crippen LogP contribution in [-0.4, -0.2) is 51.5 Å². The summed E-state index contributed by atoms with van der Waals surface area (Å²) >= 11 is 0. The SMILES string of the molecule is CC(C)(C)OC(=O)N[C@@H]1CCCN(C(=O)Nc2ccc(-n3cccn3)cc2)C1. The predicted octanol–water partition coefficient (Wildman–Crippen LogP) is 3.39. The largest absolute Gasteiger partial charge is 0.444 e. The zero-order valence-corrected chi connectivity index (χ0v) is 16.5. The fourth-order valence-corrected chi connectivity index (χ4v) is 3.08. The van der Waals surface area contributed by atoms with Crippen LogP contribution in [-0.2, 0) is 4.74 Å². The zero-order valence-electron chi connectivity index (χ0n) is 16.5. The average Bonchev–Trinajstić information content (AvgIpc) is 3.15. The summed E-state index contributed by atoms with van der Waals surface area (Å²) in [5.74, 6) is 0. The summed E-state index contributed by atoms with van der Waals surface area (Å²) in [5.41, 5.74) is 1.09. The molecule has 2 aromatic rings. The molecular formula is C20H27N5O3. The van der Waals surface area contributed by atoms with E-state index in [-0.39, 0.29) is 12.1 Å². The Morgan fingerprint density at radius 3 is 2.61 bits per heavy atom. The van der Waals surface area contributed by atoms with Crippen molar-refractivity contribution < 1.29 is 14.3 Å². The normalized spacial score (nSPS) is 17.1. The molecule has 0 spiro atoms. The molecule has 2 N–H and O–H groups in total. The van der Waals surface area contributed by atoms with Crippen molar-refractivity contribution in [2.24, 2.45) is 0 Å². The molecule has 150 valence electrons. The van der Waals surface area contributed by atoms with Gasteiger partial charge in [-0.1, -0.05) is 0 Å². The van der Waals surface area contributed by atoms with Crippen LogP contribution in [0.4, 0.5) is 15.3 Å². The fraction of sp³-hybridized carbons (Fsp3) is 0.450. The van der Waals surface area contributed by atoms with Gasteiger partial charge in [-0.05, 0) is 63.9 Å². The zero-order chi connectivity index (χ0) is 20.1. The number of alkyl carbamates (subject to hydrolysis) is 1. The third-order valence-corrected chi connectivity index (χ3v) is 4.32. The van der Waals surface area contributed by atoms with Crippen molar-refractivity contribution in [1.82, 2.24) is 20.0 Å². The lowest BCUT2D eigenvalue weighted by Gasteiger charge is -2.33. The second-order valence-corrected chi connectivity index (χ2v) is 7.86. The molecule has 28 heavy (non-hydrogen) atoms. The van der Waals surface area contributed by atoms with Crippen molar-refractivity contribution in [2.45, 2.75) is 45.3 Å². The summed E-state index contributed by atoms with van der Waals surface area (Å²) in [6.45, 7) is 6.58. The van der Waals surface area contributed by atoms with Crippen molar-refractivity contribution in [2.75, 3.05) is 18.4 Å². The Bertz CT molecular complexity index is 796. The lowest BCUT2D eigenvalue weighted by molar-refractivity contribution is 0.0480. The number of carbonyl (C=O) groups is 2. The number of aromatic nitrogens is 2. The van der Waals surface area contributed by atoms with Gasteiger partial charge in [0.1, 0.15) is 5.60 Å². The minimum Gasteiger partial charge on any atom is -0.444 e. The fourth-order valence-electron chi connectivity index (χ4n) is 3.08. The highest BCUT2D eigenvalue weighted by molar-refractivity contribution is 5.89. The number of carbonyl (C=O) groups excluding carboxylic acids is 2. The number of piperidine rings is 1. The maximum atomic E-state index is 12.6. The number of nitrogens with one attached hydrogen (secondary N) is 2. The molecule has 3 rings (SSSR count). The highest BCUT2D eigenvalue weighted by Crippen LogP contribution is 2.16. The molecule has 1 aliphatic heterocycles. The molecule has 1 aliphatic rings. The van der Waals surface area contributed by atoms with Crippen molar-refractivity contribution in [3.63, 3.8) is 0 Å². The van der Waals surface area contributed by atoms with E-state index in [9.17, 15) is 9.59 Å². The van der Waals surface area contributed by atoms with Crippen LogP contribution < -0.4 is 10.6 Å². The van der Waals surface area contributed by atoms with E-state index in [0.29, 0.717) is 18.8 Å². The van der Waals surface area contributed by atoms with Crippen molar-refractivity contribution >= 4 is 17.8 Å². The first kappa shape index (κ1) is 19.7. The van der Waals surface area contributed by atoms with Gasteiger partial charge in [-0.15, -0.1) is 0 Å². The molecule has 8 nitrogen and oxygen atoms in total. The Morgan fingerprint density at radius 1 is 1.21 bits per heavy atom. The van der Waals surface area contributed by atoms with E-state index in [1.54, 1.807) is 15.8 Å². The van der Waals surface area contributed by atoms with E-state index < -0.39 is 11.7 Å². The maximum Gasteiger partial charge on any atom is 0.407 e. The Morgan fingerprint density at radius 2 is 1.96 bits per heavy atom. The van der Waals surface area contributed by atoms with Gasteiger partial charge in [0.2, 0.25) is 0 Å². The molecule has 3 amide bonds. The van der Waals surface area contributed by atoms with Crippen LogP contribution in [0.15, 0.2) is 42.7 Å². The predicted molar refractivity (Wildman–Crippen MR) is 107 cm³/mol. The summed E-state index contributed by atoms with van der Waals surface area (Å²) in [6.07, 6.45) is 4.77. The number of anilines is 1. The lowest BCUT2D eigenvalue weighted by atomic mass is 10.1. The Labute approximate surface area is 164 Å². The minimum absolute atomic E-state index is 0.114. The molecule has 1 aromatic carbocycles. The van der Waals surface area contributed by atoms with Gasteiger partial charge >= 0.3 is 12.1 Å². The molecule has 0 radical (unpaired) electrons. The van der Waals surface area contributed by atoms with Crippen molar-refractivity contribution in [3.05, 3.63) is 42.7 Å². The van der Waals surface area contributed by atoms with E-state index in [4.69, 9.17) is 4.74 Å². The monoisotopic (exact) mass is 385 g/mol. The third-order valence-electron chi connectivity index (χ3n) is 4.32. The Balaban J connectivity index is 1.53. The topological polar surface area (TPSA) is 88.5 Å². The second kappa shape index (κ2) is 8.33. The number of hydrogen-bond acceptors (Lipinski definition) is 4. The third kappa shape index (κ3) is 5.48. The van der Waals surface area contributed by atoms with Crippen molar-refractivity contribution in [1.29, 1.82) is 0 Å². The molecule has 1 atom stereocenters. The van der Waals surface area contributed by atoms with E-state index in [1.165, 1.54) is 0 Å². The maximum absolute atomic E-state index is 12.6. The quantitative estimate of drug-likeness (QED) is 0.848. The summed E-state index contributed by atoms with van der Waals surface area (Å²) in [5, 5.41) is 9.95. The van der Waals surface area contributed by atoms with Gasteiger partial charge in [-0.25, -0.2) is 14.3 Å². The lowest BCUT2D eigenvalue weighted by Crippen LogP contribution is -2.51. The Kier molecular flexibility index (Phi) is 5.87. The van der Waals surface area contributed by atoms with Crippen LogP contribution in [0.2, 0.25) is 0 Å². The molecule has 1 fully saturated rings. The number of hydrogen-bond donors (Lipinski definition) is 2. The summed E-state index contributed by atoms with van der Waals surface area (Å²) in [7, 11) is 0. The number of benzene rings is 1. The molecule has 1 aromatic heterocycles. The van der Waals surface area contributed by atoms with Crippen LogP contribution in [0.5, 0.6) is 0 Å². The van der Waals surface area contributed by atoms with Crippen LogP contribution in [0.3, 0.4) is 0 Å². The highest BCUT2D eigenvalue weighted by Gasteiger charge is 2.26. The Hall–Kier alpha value is -3.03. The van der Waals surface area contributed by atoms with Gasteiger partial charge in [0.15, 0.2) is 0 Å². The van der Waals surface area contributed by atoms with Crippen LogP contribution in [0.25, 0.3) is 5.69 Å². The first-order valence-electron chi connectivity index (χ1n) is 9.46. The molecule has 1 saturated heterocycles. The molecule has 0 unspecified atom stereocenters. The molecule has 8 heteroatoms.